The molecule has 0 atom stereocenters. The minimum atomic E-state index is -3.58. The van der Waals surface area contributed by atoms with E-state index in [0.717, 1.165) is 15.1 Å². The highest BCUT2D eigenvalue weighted by atomic mass is 32.2. The minimum Gasteiger partial charge on any atom is -0.496 e. The largest absolute Gasteiger partial charge is 0.496 e. The lowest BCUT2D eigenvalue weighted by molar-refractivity contribution is 0.102. The molecule has 0 aliphatic rings. The SMILES string of the molecule is COc1ccc(C(=O)Nc2cccc(S(=O)(=O)N(C)C)c2)c2ccccc12. The minimum absolute atomic E-state index is 0.116. The number of methoxy groups -OCH3 is 1. The third-order valence-electron chi connectivity index (χ3n) is 4.22. The smallest absolute Gasteiger partial charge is 0.256 e. The van der Waals surface area contributed by atoms with Gasteiger partial charge in [-0.1, -0.05) is 30.3 Å². The fraction of sp³-hybridized carbons (Fsp3) is 0.150. The molecule has 0 aliphatic carbocycles. The van der Waals surface area contributed by atoms with E-state index in [2.05, 4.69) is 5.32 Å². The van der Waals surface area contributed by atoms with Crippen LogP contribution < -0.4 is 10.1 Å². The van der Waals surface area contributed by atoms with Gasteiger partial charge in [0.25, 0.3) is 5.91 Å². The average molecular weight is 384 g/mol. The Bertz CT molecular complexity index is 1110. The molecule has 27 heavy (non-hydrogen) atoms. The molecule has 0 fully saturated rings. The molecule has 1 amide bonds. The summed E-state index contributed by atoms with van der Waals surface area (Å²) in [5, 5.41) is 4.36. The van der Waals surface area contributed by atoms with Gasteiger partial charge in [-0.3, -0.25) is 4.79 Å². The molecule has 3 aromatic rings. The van der Waals surface area contributed by atoms with Crippen molar-refractivity contribution in [3.8, 4) is 5.75 Å². The normalized spacial score (nSPS) is 11.6. The van der Waals surface area contributed by atoms with Crippen molar-refractivity contribution in [2.24, 2.45) is 0 Å². The summed E-state index contributed by atoms with van der Waals surface area (Å²) >= 11 is 0. The number of rotatable bonds is 5. The summed E-state index contributed by atoms with van der Waals surface area (Å²) in [6, 6.07) is 17.1. The number of nitrogens with one attached hydrogen (secondary N) is 1. The Labute approximate surface area is 158 Å². The summed E-state index contributed by atoms with van der Waals surface area (Å²) in [6.45, 7) is 0. The number of benzene rings is 3. The fourth-order valence-corrected chi connectivity index (χ4v) is 3.74. The number of hydrogen-bond donors (Lipinski definition) is 1. The van der Waals surface area contributed by atoms with Crippen molar-refractivity contribution in [2.45, 2.75) is 4.90 Å². The Morgan fingerprint density at radius 3 is 2.33 bits per heavy atom. The standard InChI is InChI=1S/C20H20N2O4S/c1-22(2)27(24,25)15-8-6-7-14(13-15)21-20(23)18-11-12-19(26-3)17-10-5-4-9-16(17)18/h4-13H,1-3H3,(H,21,23). The Kier molecular flexibility index (Phi) is 5.16. The van der Waals surface area contributed by atoms with Gasteiger partial charge >= 0.3 is 0 Å². The van der Waals surface area contributed by atoms with Gasteiger partial charge in [0.15, 0.2) is 0 Å². The summed E-state index contributed by atoms with van der Waals surface area (Å²) in [7, 11) is 0.928. The van der Waals surface area contributed by atoms with E-state index < -0.39 is 10.0 Å². The summed E-state index contributed by atoms with van der Waals surface area (Å²) in [4.78, 5) is 12.9. The predicted octanol–water partition coefficient (Wildman–Crippen LogP) is 3.35. The van der Waals surface area contributed by atoms with Crippen LogP contribution in [0.1, 0.15) is 10.4 Å². The van der Waals surface area contributed by atoms with Gasteiger partial charge in [-0.25, -0.2) is 12.7 Å². The molecule has 6 nitrogen and oxygen atoms in total. The van der Waals surface area contributed by atoms with Crippen LogP contribution in [0.4, 0.5) is 5.69 Å². The van der Waals surface area contributed by atoms with Crippen LogP contribution in [0.2, 0.25) is 0 Å². The summed E-state index contributed by atoms with van der Waals surface area (Å²) < 4.78 is 31.1. The molecular weight excluding hydrogens is 364 g/mol. The van der Waals surface area contributed by atoms with Crippen LogP contribution in [0.3, 0.4) is 0 Å². The first kappa shape index (κ1) is 18.9. The van der Waals surface area contributed by atoms with E-state index in [-0.39, 0.29) is 10.8 Å². The van der Waals surface area contributed by atoms with Crippen LogP contribution in [0.25, 0.3) is 10.8 Å². The lowest BCUT2D eigenvalue weighted by atomic mass is 10.0. The number of sulfonamides is 1. The molecule has 3 aromatic carbocycles. The number of ether oxygens (including phenoxy) is 1. The van der Waals surface area contributed by atoms with Crippen molar-refractivity contribution < 1.29 is 17.9 Å². The molecule has 0 heterocycles. The average Bonchev–Trinajstić information content (AvgIpc) is 2.67. The second kappa shape index (κ2) is 7.38. The van der Waals surface area contributed by atoms with Crippen LogP contribution in [0.15, 0.2) is 65.6 Å². The van der Waals surface area contributed by atoms with Gasteiger partial charge in [-0.15, -0.1) is 0 Å². The van der Waals surface area contributed by atoms with E-state index in [1.807, 2.05) is 24.3 Å². The summed E-state index contributed by atoms with van der Waals surface area (Å²) in [6.07, 6.45) is 0. The molecule has 0 spiro atoms. The molecule has 0 unspecified atom stereocenters. The predicted molar refractivity (Wildman–Crippen MR) is 106 cm³/mol. The van der Waals surface area contributed by atoms with Crippen LogP contribution in [0, 0.1) is 0 Å². The van der Waals surface area contributed by atoms with E-state index in [0.29, 0.717) is 17.0 Å². The molecule has 140 valence electrons. The Morgan fingerprint density at radius 1 is 0.963 bits per heavy atom. The van der Waals surface area contributed by atoms with Crippen molar-refractivity contribution in [3.63, 3.8) is 0 Å². The van der Waals surface area contributed by atoms with Crippen molar-refractivity contribution in [3.05, 3.63) is 66.2 Å². The van der Waals surface area contributed by atoms with Crippen LogP contribution in [-0.4, -0.2) is 39.8 Å². The van der Waals surface area contributed by atoms with E-state index >= 15 is 0 Å². The van der Waals surface area contributed by atoms with Gasteiger partial charge in [-0.2, -0.15) is 0 Å². The molecule has 0 bridgehead atoms. The Balaban J connectivity index is 1.97. The maximum Gasteiger partial charge on any atom is 0.256 e. The molecular formula is C20H20N2O4S. The Hall–Kier alpha value is -2.90. The zero-order valence-electron chi connectivity index (χ0n) is 15.3. The van der Waals surface area contributed by atoms with Crippen molar-refractivity contribution in [2.75, 3.05) is 26.5 Å². The van der Waals surface area contributed by atoms with Crippen molar-refractivity contribution in [1.82, 2.24) is 4.31 Å². The number of anilines is 1. The molecule has 0 aromatic heterocycles. The number of amides is 1. The highest BCUT2D eigenvalue weighted by Gasteiger charge is 2.18. The zero-order valence-corrected chi connectivity index (χ0v) is 16.1. The summed E-state index contributed by atoms with van der Waals surface area (Å²) in [5.74, 6) is 0.356. The molecule has 0 aliphatic heterocycles. The van der Waals surface area contributed by atoms with E-state index in [4.69, 9.17) is 4.74 Å². The van der Waals surface area contributed by atoms with Crippen LogP contribution in [0.5, 0.6) is 5.75 Å². The molecule has 0 radical (unpaired) electrons. The maximum atomic E-state index is 12.8. The number of hydrogen-bond acceptors (Lipinski definition) is 4. The fourth-order valence-electron chi connectivity index (χ4n) is 2.79. The third-order valence-corrected chi connectivity index (χ3v) is 6.03. The highest BCUT2D eigenvalue weighted by Crippen LogP contribution is 2.29. The first-order valence-corrected chi connectivity index (χ1v) is 9.68. The second-order valence-corrected chi connectivity index (χ2v) is 8.28. The quantitative estimate of drug-likeness (QED) is 0.732. The van der Waals surface area contributed by atoms with Gasteiger partial charge in [-0.05, 0) is 35.7 Å². The number of carbonyl (C=O) groups is 1. The maximum absolute atomic E-state index is 12.8. The highest BCUT2D eigenvalue weighted by molar-refractivity contribution is 7.89. The summed E-state index contributed by atoms with van der Waals surface area (Å²) in [5.41, 5.74) is 0.884. The topological polar surface area (TPSA) is 75.7 Å². The van der Waals surface area contributed by atoms with Gasteiger partial charge in [0, 0.05) is 30.7 Å². The Morgan fingerprint density at radius 2 is 1.67 bits per heavy atom. The van der Waals surface area contributed by atoms with Gasteiger partial charge < -0.3 is 10.1 Å². The first-order chi connectivity index (χ1) is 12.8. The molecule has 1 N–H and O–H groups in total. The number of fused-ring (bicyclic) bond motifs is 1. The molecule has 0 saturated heterocycles. The zero-order chi connectivity index (χ0) is 19.6. The first-order valence-electron chi connectivity index (χ1n) is 8.24. The van der Waals surface area contributed by atoms with E-state index in [1.54, 1.807) is 31.4 Å². The van der Waals surface area contributed by atoms with Crippen molar-refractivity contribution >= 4 is 32.4 Å². The monoisotopic (exact) mass is 384 g/mol. The lowest BCUT2D eigenvalue weighted by Crippen LogP contribution is -2.22. The van der Waals surface area contributed by atoms with E-state index in [1.165, 1.54) is 26.2 Å². The van der Waals surface area contributed by atoms with Gasteiger partial charge in [0.1, 0.15) is 5.75 Å². The van der Waals surface area contributed by atoms with Crippen LogP contribution in [-0.2, 0) is 10.0 Å². The lowest BCUT2D eigenvalue weighted by Gasteiger charge is -2.13. The molecule has 3 rings (SSSR count). The third kappa shape index (κ3) is 3.65. The number of nitrogens with zero attached hydrogens (tertiary/aromatic N) is 1. The van der Waals surface area contributed by atoms with Crippen LogP contribution >= 0.6 is 0 Å². The molecule has 7 heteroatoms. The molecule has 0 saturated carbocycles. The van der Waals surface area contributed by atoms with Gasteiger partial charge in [0.2, 0.25) is 10.0 Å². The number of carbonyl (C=O) groups excluding carboxylic acids is 1. The van der Waals surface area contributed by atoms with Crippen molar-refractivity contribution in [1.29, 1.82) is 0 Å². The second-order valence-electron chi connectivity index (χ2n) is 6.13. The van der Waals surface area contributed by atoms with Gasteiger partial charge in [0.05, 0.1) is 12.0 Å². The van der Waals surface area contributed by atoms with E-state index in [9.17, 15) is 13.2 Å².